The predicted molar refractivity (Wildman–Crippen MR) is 75.0 cm³/mol. The lowest BCUT2D eigenvalue weighted by Crippen LogP contribution is -2.16. The van der Waals surface area contributed by atoms with Gasteiger partial charge in [0.1, 0.15) is 6.42 Å². The first-order chi connectivity index (χ1) is 9.60. The van der Waals surface area contributed by atoms with E-state index in [9.17, 15) is 14.4 Å². The molecular weight excluding hydrogens is 260 g/mol. The summed E-state index contributed by atoms with van der Waals surface area (Å²) in [5.41, 5.74) is 0. The molecule has 5 nitrogen and oxygen atoms in total. The van der Waals surface area contributed by atoms with Gasteiger partial charge in [0.05, 0.1) is 7.11 Å². The van der Waals surface area contributed by atoms with E-state index in [1.54, 1.807) is 0 Å². The molecule has 0 atom stereocenters. The van der Waals surface area contributed by atoms with E-state index >= 15 is 0 Å². The maximum absolute atomic E-state index is 11.3. The Morgan fingerprint density at radius 2 is 1.30 bits per heavy atom. The fourth-order valence-electron chi connectivity index (χ4n) is 1.81. The van der Waals surface area contributed by atoms with Gasteiger partial charge in [0.2, 0.25) is 0 Å². The van der Waals surface area contributed by atoms with Crippen molar-refractivity contribution in [1.82, 2.24) is 0 Å². The normalized spacial score (nSPS) is 10.1. The second kappa shape index (κ2) is 12.6. The fraction of sp³-hybridized carbons (Fsp3) is 0.800. The fourth-order valence-corrected chi connectivity index (χ4v) is 1.81. The second-order valence-electron chi connectivity index (χ2n) is 4.82. The van der Waals surface area contributed by atoms with Crippen LogP contribution < -0.4 is 0 Å². The number of carbonyl (C=O) groups is 3. The van der Waals surface area contributed by atoms with Crippen LogP contribution in [-0.4, -0.2) is 25.0 Å². The van der Waals surface area contributed by atoms with E-state index in [1.807, 2.05) is 0 Å². The van der Waals surface area contributed by atoms with Crippen molar-refractivity contribution in [1.29, 1.82) is 0 Å². The number of esters is 3. The average Bonchev–Trinajstić information content (AvgIpc) is 2.41. The second-order valence-corrected chi connectivity index (χ2v) is 4.82. The minimum Gasteiger partial charge on any atom is -0.469 e. The highest BCUT2D eigenvalue weighted by molar-refractivity contribution is 5.96. The summed E-state index contributed by atoms with van der Waals surface area (Å²) >= 11 is 0. The van der Waals surface area contributed by atoms with Crippen LogP contribution in [0.2, 0.25) is 0 Å². The zero-order chi connectivity index (χ0) is 15.2. The van der Waals surface area contributed by atoms with Crippen molar-refractivity contribution in [3.63, 3.8) is 0 Å². The van der Waals surface area contributed by atoms with E-state index < -0.39 is 24.3 Å². The molecule has 0 aromatic heterocycles. The van der Waals surface area contributed by atoms with Gasteiger partial charge >= 0.3 is 17.9 Å². The van der Waals surface area contributed by atoms with Crippen molar-refractivity contribution >= 4 is 17.9 Å². The van der Waals surface area contributed by atoms with Gasteiger partial charge in [-0.05, 0) is 6.42 Å². The Kier molecular flexibility index (Phi) is 11.8. The SMILES string of the molecule is CCCCCCCCCCC(=O)OC(=O)CC(=O)OC. The predicted octanol–water partition coefficient (Wildman–Crippen LogP) is 3.15. The summed E-state index contributed by atoms with van der Waals surface area (Å²) in [5, 5.41) is 0. The monoisotopic (exact) mass is 286 g/mol. The number of hydrogen-bond donors (Lipinski definition) is 0. The van der Waals surface area contributed by atoms with E-state index in [4.69, 9.17) is 0 Å². The molecule has 0 amide bonds. The molecule has 0 aliphatic rings. The third-order valence-electron chi connectivity index (χ3n) is 2.98. The summed E-state index contributed by atoms with van der Waals surface area (Å²) in [5.74, 6) is -2.11. The van der Waals surface area contributed by atoms with E-state index in [2.05, 4.69) is 16.4 Å². The molecule has 20 heavy (non-hydrogen) atoms. The van der Waals surface area contributed by atoms with Crippen LogP contribution in [0.25, 0.3) is 0 Å². The van der Waals surface area contributed by atoms with Crippen molar-refractivity contribution in [2.75, 3.05) is 7.11 Å². The molecule has 0 rings (SSSR count). The summed E-state index contributed by atoms with van der Waals surface area (Å²) in [4.78, 5) is 33.2. The Balaban J connectivity index is 3.45. The molecule has 0 N–H and O–H groups in total. The van der Waals surface area contributed by atoms with Gasteiger partial charge in [-0.2, -0.15) is 0 Å². The molecule has 0 aromatic carbocycles. The van der Waals surface area contributed by atoms with Gasteiger partial charge in [-0.3, -0.25) is 14.4 Å². The Bertz CT molecular complexity index is 299. The van der Waals surface area contributed by atoms with Crippen molar-refractivity contribution in [2.24, 2.45) is 0 Å². The van der Waals surface area contributed by atoms with Crippen LogP contribution in [-0.2, 0) is 23.9 Å². The highest BCUT2D eigenvalue weighted by atomic mass is 16.6. The minimum atomic E-state index is -0.846. The van der Waals surface area contributed by atoms with E-state index in [-0.39, 0.29) is 6.42 Å². The molecule has 5 heteroatoms. The zero-order valence-corrected chi connectivity index (χ0v) is 12.6. The van der Waals surface area contributed by atoms with Gasteiger partial charge in [0.15, 0.2) is 0 Å². The minimum absolute atomic E-state index is 0.224. The first kappa shape index (κ1) is 18.6. The highest BCUT2D eigenvalue weighted by Gasteiger charge is 2.14. The van der Waals surface area contributed by atoms with E-state index in [0.29, 0.717) is 0 Å². The van der Waals surface area contributed by atoms with Crippen LogP contribution in [0.5, 0.6) is 0 Å². The van der Waals surface area contributed by atoms with E-state index in [1.165, 1.54) is 39.2 Å². The molecule has 0 spiro atoms. The Hall–Kier alpha value is -1.39. The Morgan fingerprint density at radius 1 is 0.750 bits per heavy atom. The lowest BCUT2D eigenvalue weighted by Gasteiger charge is -2.03. The summed E-state index contributed by atoms with van der Waals surface area (Å²) in [6, 6.07) is 0. The number of rotatable bonds is 11. The number of hydrogen-bond acceptors (Lipinski definition) is 5. The Labute approximate surface area is 121 Å². The first-order valence-electron chi connectivity index (χ1n) is 7.40. The zero-order valence-electron chi connectivity index (χ0n) is 12.6. The third-order valence-corrected chi connectivity index (χ3v) is 2.98. The molecule has 0 aliphatic heterocycles. The van der Waals surface area contributed by atoms with Gasteiger partial charge in [0.25, 0.3) is 0 Å². The molecule has 0 saturated carbocycles. The van der Waals surface area contributed by atoms with Gasteiger partial charge < -0.3 is 9.47 Å². The third kappa shape index (κ3) is 11.7. The van der Waals surface area contributed by atoms with Gasteiger partial charge in [0, 0.05) is 6.42 Å². The van der Waals surface area contributed by atoms with Crippen molar-refractivity contribution in [3.8, 4) is 0 Å². The van der Waals surface area contributed by atoms with E-state index in [0.717, 1.165) is 19.3 Å². The quantitative estimate of drug-likeness (QED) is 0.331. The lowest BCUT2D eigenvalue weighted by molar-refractivity contribution is -0.162. The number of carbonyl (C=O) groups excluding carboxylic acids is 3. The van der Waals surface area contributed by atoms with Crippen LogP contribution in [0.1, 0.15) is 71.1 Å². The van der Waals surface area contributed by atoms with Crippen molar-refractivity contribution in [3.05, 3.63) is 0 Å². The van der Waals surface area contributed by atoms with Crippen molar-refractivity contribution in [2.45, 2.75) is 71.1 Å². The van der Waals surface area contributed by atoms with Gasteiger partial charge in [-0.1, -0.05) is 51.9 Å². The largest absolute Gasteiger partial charge is 0.469 e. The molecule has 0 unspecified atom stereocenters. The number of methoxy groups -OCH3 is 1. The summed E-state index contributed by atoms with van der Waals surface area (Å²) in [7, 11) is 1.18. The molecule has 0 aromatic rings. The maximum atomic E-state index is 11.3. The maximum Gasteiger partial charge on any atom is 0.324 e. The summed E-state index contributed by atoms with van der Waals surface area (Å²) in [6.45, 7) is 2.19. The van der Waals surface area contributed by atoms with Crippen LogP contribution in [0, 0.1) is 0 Å². The highest BCUT2D eigenvalue weighted by Crippen LogP contribution is 2.10. The van der Waals surface area contributed by atoms with Gasteiger partial charge in [-0.15, -0.1) is 0 Å². The molecule has 0 saturated heterocycles. The van der Waals surface area contributed by atoms with Crippen molar-refractivity contribution < 1.29 is 23.9 Å². The standard InChI is InChI=1S/C15H26O5/c1-3-4-5-6-7-8-9-10-11-13(16)20-15(18)12-14(17)19-2/h3-12H2,1-2H3. The molecular formula is C15H26O5. The van der Waals surface area contributed by atoms with Crippen LogP contribution >= 0.6 is 0 Å². The van der Waals surface area contributed by atoms with Crippen LogP contribution in [0.15, 0.2) is 0 Å². The lowest BCUT2D eigenvalue weighted by atomic mass is 10.1. The number of ether oxygens (including phenoxy) is 2. The summed E-state index contributed by atoms with van der Waals surface area (Å²) in [6.07, 6.45) is 8.74. The number of unbranched alkanes of at least 4 members (excludes halogenated alkanes) is 7. The van der Waals surface area contributed by atoms with Crippen LogP contribution in [0.3, 0.4) is 0 Å². The smallest absolute Gasteiger partial charge is 0.324 e. The first-order valence-corrected chi connectivity index (χ1v) is 7.40. The molecule has 0 aliphatic carbocycles. The topological polar surface area (TPSA) is 69.7 Å². The Morgan fingerprint density at radius 3 is 1.85 bits per heavy atom. The summed E-state index contributed by atoms with van der Waals surface area (Å²) < 4.78 is 8.81. The van der Waals surface area contributed by atoms with Crippen LogP contribution in [0.4, 0.5) is 0 Å². The van der Waals surface area contributed by atoms with Gasteiger partial charge in [-0.25, -0.2) is 0 Å². The molecule has 0 radical (unpaired) electrons. The average molecular weight is 286 g/mol. The molecule has 0 bridgehead atoms. The molecule has 0 fully saturated rings. The molecule has 0 heterocycles. The molecule has 116 valence electrons.